The van der Waals surface area contributed by atoms with Crippen LogP contribution >= 0.6 is 12.2 Å². The van der Waals surface area contributed by atoms with Crippen molar-refractivity contribution in [2.24, 2.45) is 10.8 Å². The number of hydrogen-bond acceptors (Lipinski definition) is 5. The Hall–Kier alpha value is -2.03. The van der Waals surface area contributed by atoms with Gasteiger partial charge in [-0.2, -0.15) is 5.10 Å². The summed E-state index contributed by atoms with van der Waals surface area (Å²) in [7, 11) is 0. The zero-order valence-corrected chi connectivity index (χ0v) is 9.27. The van der Waals surface area contributed by atoms with Crippen molar-refractivity contribution in [2.75, 3.05) is 0 Å². The van der Waals surface area contributed by atoms with E-state index in [1.807, 2.05) is 0 Å². The monoisotopic (exact) mass is 242 g/mol. The molecule has 0 aliphatic rings. The molecule has 16 heavy (non-hydrogen) atoms. The molecule has 0 aromatic carbocycles. The van der Waals surface area contributed by atoms with Crippen molar-refractivity contribution in [3.8, 4) is 0 Å². The Kier molecular flexibility index (Phi) is 3.89. The number of nitrogens with zero attached hydrogens (tertiary/aromatic N) is 4. The lowest BCUT2D eigenvalue weighted by molar-refractivity contribution is -0.392. The van der Waals surface area contributed by atoms with Crippen molar-refractivity contribution < 1.29 is 4.92 Å². The maximum atomic E-state index is 10.6. The van der Waals surface area contributed by atoms with Crippen molar-refractivity contribution in [3.05, 3.63) is 22.1 Å². The van der Waals surface area contributed by atoms with E-state index < -0.39 is 4.92 Å². The summed E-state index contributed by atoms with van der Waals surface area (Å²) < 4.78 is 1.41. The maximum absolute atomic E-state index is 10.6. The molecule has 0 aliphatic heterocycles. The molecule has 0 amide bonds. The molecule has 0 saturated carbocycles. The van der Waals surface area contributed by atoms with Gasteiger partial charge in [-0.1, -0.05) is 0 Å². The van der Waals surface area contributed by atoms with Crippen LogP contribution in [0.15, 0.2) is 11.3 Å². The molecule has 0 atom stereocenters. The third kappa shape index (κ3) is 2.73. The van der Waals surface area contributed by atoms with Crippen LogP contribution < -0.4 is 11.2 Å². The number of nitrogens with one attached hydrogen (secondary N) is 1. The van der Waals surface area contributed by atoms with Crippen LogP contribution in [0.5, 0.6) is 0 Å². The van der Waals surface area contributed by atoms with E-state index in [4.69, 9.17) is 5.73 Å². The lowest BCUT2D eigenvalue weighted by atomic mass is 10.6. The molecule has 1 heterocycles. The number of nitro groups is 1. The average Bonchev–Trinajstić information content (AvgIpc) is 2.60. The first-order valence-corrected chi connectivity index (χ1v) is 4.75. The smallest absolute Gasteiger partial charge is 0.343 e. The Bertz CT molecular complexity index is 440. The van der Waals surface area contributed by atoms with Gasteiger partial charge in [0.1, 0.15) is 12.4 Å². The van der Waals surface area contributed by atoms with Crippen LogP contribution in [-0.2, 0) is 6.54 Å². The zero-order chi connectivity index (χ0) is 12.1. The largest absolute Gasteiger partial charge is 0.375 e. The molecule has 0 fully saturated rings. The highest BCUT2D eigenvalue weighted by Gasteiger charge is 2.16. The standard InChI is InChI=1S/C7H10N6O2S/c1-2-12-5(3-10-11-7(8)16)9-4-6(12)13(14)15/h3-4H,2H2,1H3,(H3,8,11,16). The first kappa shape index (κ1) is 12.0. The molecule has 86 valence electrons. The van der Waals surface area contributed by atoms with E-state index in [0.717, 1.165) is 0 Å². The number of nitrogens with two attached hydrogens (primary N) is 1. The third-order valence-electron chi connectivity index (χ3n) is 1.72. The Labute approximate surface area is 96.3 Å². The fraction of sp³-hybridized carbons (Fsp3) is 0.286. The lowest BCUT2D eigenvalue weighted by Crippen LogP contribution is -2.24. The molecule has 0 unspecified atom stereocenters. The van der Waals surface area contributed by atoms with Gasteiger partial charge in [0.05, 0.1) is 6.54 Å². The predicted octanol–water partition coefficient (Wildman–Crippen LogP) is -0.0217. The molecule has 8 nitrogen and oxygen atoms in total. The van der Waals surface area contributed by atoms with Crippen molar-refractivity contribution in [1.29, 1.82) is 0 Å². The van der Waals surface area contributed by atoms with Crippen molar-refractivity contribution in [2.45, 2.75) is 13.5 Å². The molecule has 0 bridgehead atoms. The first-order valence-electron chi connectivity index (χ1n) is 4.34. The number of hydrazone groups is 1. The van der Waals surface area contributed by atoms with E-state index in [2.05, 4.69) is 27.7 Å². The molecule has 1 aromatic heterocycles. The second-order valence-corrected chi connectivity index (χ2v) is 3.15. The number of thiocarbonyl (C=S) groups is 1. The summed E-state index contributed by atoms with van der Waals surface area (Å²) in [4.78, 5) is 14.0. The van der Waals surface area contributed by atoms with Crippen LogP contribution in [-0.4, -0.2) is 25.8 Å². The molecule has 0 aliphatic carbocycles. The lowest BCUT2D eigenvalue weighted by Gasteiger charge is -1.98. The van der Waals surface area contributed by atoms with Crippen LogP contribution in [0, 0.1) is 10.1 Å². The SMILES string of the molecule is CCn1c([N+](=O)[O-])cnc1C=NNC(N)=S. The predicted molar refractivity (Wildman–Crippen MR) is 62.1 cm³/mol. The maximum Gasteiger partial charge on any atom is 0.343 e. The average molecular weight is 242 g/mol. The van der Waals surface area contributed by atoms with Gasteiger partial charge >= 0.3 is 5.82 Å². The van der Waals surface area contributed by atoms with E-state index in [0.29, 0.717) is 12.4 Å². The van der Waals surface area contributed by atoms with Crippen LogP contribution in [0.1, 0.15) is 12.7 Å². The van der Waals surface area contributed by atoms with Gasteiger partial charge in [0.15, 0.2) is 5.11 Å². The highest BCUT2D eigenvalue weighted by Crippen LogP contribution is 2.12. The quantitative estimate of drug-likeness (QED) is 0.332. The fourth-order valence-corrected chi connectivity index (χ4v) is 1.16. The van der Waals surface area contributed by atoms with Gasteiger partial charge in [-0.15, -0.1) is 0 Å². The van der Waals surface area contributed by atoms with Crippen molar-refractivity contribution in [1.82, 2.24) is 15.0 Å². The topological polar surface area (TPSA) is 111 Å². The van der Waals surface area contributed by atoms with Crippen LogP contribution in [0.3, 0.4) is 0 Å². The van der Waals surface area contributed by atoms with E-state index in [1.165, 1.54) is 17.0 Å². The molecular formula is C7H10N6O2S. The van der Waals surface area contributed by atoms with Crippen LogP contribution in [0.2, 0.25) is 0 Å². The number of imidazole rings is 1. The molecule has 0 radical (unpaired) electrons. The summed E-state index contributed by atoms with van der Waals surface area (Å²) in [5.41, 5.74) is 7.49. The number of aromatic nitrogens is 2. The second kappa shape index (κ2) is 5.16. The second-order valence-electron chi connectivity index (χ2n) is 2.71. The molecule has 9 heteroatoms. The Morgan fingerprint density at radius 3 is 3.12 bits per heavy atom. The molecule has 0 saturated heterocycles. The van der Waals surface area contributed by atoms with Crippen molar-refractivity contribution in [3.63, 3.8) is 0 Å². The van der Waals surface area contributed by atoms with Gasteiger partial charge < -0.3 is 15.8 Å². The molecule has 3 N–H and O–H groups in total. The fourth-order valence-electron chi connectivity index (χ4n) is 1.11. The molecule has 1 rings (SSSR count). The summed E-state index contributed by atoms with van der Waals surface area (Å²) in [5, 5.41) is 14.3. The van der Waals surface area contributed by atoms with Gasteiger partial charge in [0.25, 0.3) is 0 Å². The van der Waals surface area contributed by atoms with E-state index >= 15 is 0 Å². The summed E-state index contributed by atoms with van der Waals surface area (Å²) in [6, 6.07) is 0. The molecule has 0 spiro atoms. The summed E-state index contributed by atoms with van der Waals surface area (Å²) >= 11 is 4.54. The third-order valence-corrected chi connectivity index (χ3v) is 1.81. The minimum absolute atomic E-state index is 0.0142. The van der Waals surface area contributed by atoms with Crippen LogP contribution in [0.25, 0.3) is 0 Å². The van der Waals surface area contributed by atoms with Gasteiger partial charge in [-0.25, -0.2) is 9.55 Å². The summed E-state index contributed by atoms with van der Waals surface area (Å²) in [6.45, 7) is 2.19. The van der Waals surface area contributed by atoms with Crippen LogP contribution in [0.4, 0.5) is 5.82 Å². The van der Waals surface area contributed by atoms with E-state index in [-0.39, 0.29) is 10.9 Å². The van der Waals surface area contributed by atoms with Gasteiger partial charge in [-0.05, 0) is 24.1 Å². The highest BCUT2D eigenvalue weighted by atomic mass is 32.1. The van der Waals surface area contributed by atoms with E-state index in [9.17, 15) is 10.1 Å². The number of rotatable bonds is 4. The van der Waals surface area contributed by atoms with Gasteiger partial charge in [-0.3, -0.25) is 5.43 Å². The number of hydrogen-bond donors (Lipinski definition) is 2. The van der Waals surface area contributed by atoms with Gasteiger partial charge in [0, 0.05) is 0 Å². The first-order chi connectivity index (χ1) is 7.56. The summed E-state index contributed by atoms with van der Waals surface area (Å²) in [6.07, 6.45) is 2.49. The minimum Gasteiger partial charge on any atom is -0.375 e. The Morgan fingerprint density at radius 2 is 2.62 bits per heavy atom. The zero-order valence-electron chi connectivity index (χ0n) is 8.45. The Balaban J connectivity index is 2.93. The normalized spacial score (nSPS) is 10.6. The van der Waals surface area contributed by atoms with E-state index in [1.54, 1.807) is 6.92 Å². The molecular weight excluding hydrogens is 232 g/mol. The molecule has 1 aromatic rings. The minimum atomic E-state index is -0.505. The Morgan fingerprint density at radius 1 is 1.94 bits per heavy atom. The van der Waals surface area contributed by atoms with Gasteiger partial charge in [0.2, 0.25) is 5.82 Å². The van der Waals surface area contributed by atoms with Crippen molar-refractivity contribution >= 4 is 29.4 Å². The highest BCUT2D eigenvalue weighted by molar-refractivity contribution is 7.80. The summed E-state index contributed by atoms with van der Waals surface area (Å²) in [5.74, 6) is 0.275.